The number of hydrazone groups is 1. The average Bonchev–Trinajstić information content (AvgIpc) is 2.71. The predicted molar refractivity (Wildman–Crippen MR) is 120 cm³/mol. The maximum atomic E-state index is 12.5. The van der Waals surface area contributed by atoms with Crippen LogP contribution in [0.25, 0.3) is 0 Å². The van der Waals surface area contributed by atoms with E-state index in [1.807, 2.05) is 38.1 Å². The summed E-state index contributed by atoms with van der Waals surface area (Å²) in [5.74, 6) is 0.291. The molecule has 6 nitrogen and oxygen atoms in total. The molecule has 160 valence electrons. The normalized spacial score (nSPS) is 12.2. The van der Waals surface area contributed by atoms with Crippen LogP contribution in [0.2, 0.25) is 5.02 Å². The van der Waals surface area contributed by atoms with Crippen LogP contribution in [0.3, 0.4) is 0 Å². The Morgan fingerprint density at radius 3 is 2.33 bits per heavy atom. The van der Waals surface area contributed by atoms with Crippen LogP contribution in [0.1, 0.15) is 43.6 Å². The van der Waals surface area contributed by atoms with Gasteiger partial charge in [0, 0.05) is 0 Å². The van der Waals surface area contributed by atoms with E-state index in [1.165, 1.54) is 6.21 Å². The second kappa shape index (κ2) is 11.4. The van der Waals surface area contributed by atoms with Gasteiger partial charge in [-0.05, 0) is 53.8 Å². The van der Waals surface area contributed by atoms with Crippen molar-refractivity contribution < 1.29 is 14.3 Å². The van der Waals surface area contributed by atoms with E-state index in [1.54, 1.807) is 24.3 Å². The zero-order valence-electron chi connectivity index (χ0n) is 17.7. The highest BCUT2D eigenvalue weighted by Crippen LogP contribution is 2.16. The van der Waals surface area contributed by atoms with E-state index in [0.717, 1.165) is 11.3 Å². The molecule has 0 aliphatic rings. The monoisotopic (exact) mass is 429 g/mol. The highest BCUT2D eigenvalue weighted by molar-refractivity contribution is 6.33. The van der Waals surface area contributed by atoms with Gasteiger partial charge in [0.2, 0.25) is 0 Å². The van der Waals surface area contributed by atoms with Crippen LogP contribution in [0.5, 0.6) is 5.75 Å². The topological polar surface area (TPSA) is 79.8 Å². The second-order valence-corrected chi connectivity index (χ2v) is 8.09. The number of hydrogen-bond acceptors (Lipinski definition) is 4. The van der Waals surface area contributed by atoms with Crippen LogP contribution in [-0.4, -0.2) is 30.7 Å². The Labute approximate surface area is 182 Å². The molecule has 0 aromatic heterocycles. The molecular formula is C23H28ClN3O3. The van der Waals surface area contributed by atoms with Gasteiger partial charge in [-0.1, -0.05) is 51.4 Å². The Kier molecular flexibility index (Phi) is 8.87. The molecule has 0 radical (unpaired) electrons. The van der Waals surface area contributed by atoms with Gasteiger partial charge < -0.3 is 10.1 Å². The van der Waals surface area contributed by atoms with Gasteiger partial charge in [-0.2, -0.15) is 5.10 Å². The van der Waals surface area contributed by atoms with Crippen molar-refractivity contribution in [3.8, 4) is 5.75 Å². The maximum Gasteiger partial charge on any atom is 0.262 e. The van der Waals surface area contributed by atoms with Gasteiger partial charge in [0.15, 0.2) is 0 Å². The number of nitrogens with one attached hydrogen (secondary N) is 2. The first-order chi connectivity index (χ1) is 14.3. The average molecular weight is 430 g/mol. The lowest BCUT2D eigenvalue weighted by molar-refractivity contribution is -0.123. The molecule has 0 fully saturated rings. The second-order valence-electron chi connectivity index (χ2n) is 7.68. The summed E-state index contributed by atoms with van der Waals surface area (Å²) in [6.45, 7) is 8.52. The number of ether oxygens (including phenoxy) is 1. The van der Waals surface area contributed by atoms with Crippen LogP contribution in [0, 0.1) is 11.8 Å². The van der Waals surface area contributed by atoms with Crippen molar-refractivity contribution in [2.75, 3.05) is 6.61 Å². The molecule has 2 rings (SSSR count). The number of benzene rings is 2. The van der Waals surface area contributed by atoms with Crippen molar-refractivity contribution in [3.63, 3.8) is 0 Å². The molecule has 0 aliphatic carbocycles. The van der Waals surface area contributed by atoms with Crippen molar-refractivity contribution in [2.24, 2.45) is 16.9 Å². The van der Waals surface area contributed by atoms with Gasteiger partial charge >= 0.3 is 0 Å². The number of nitrogens with zero attached hydrogens (tertiary/aromatic N) is 1. The highest BCUT2D eigenvalue weighted by atomic mass is 35.5. The van der Waals surface area contributed by atoms with Crippen molar-refractivity contribution in [1.29, 1.82) is 0 Å². The third-order valence-electron chi connectivity index (χ3n) is 4.21. The number of halogens is 1. The summed E-state index contributed by atoms with van der Waals surface area (Å²) in [6.07, 6.45) is 1.54. The molecule has 1 unspecified atom stereocenters. The van der Waals surface area contributed by atoms with Gasteiger partial charge in [-0.3, -0.25) is 9.59 Å². The molecule has 1 atom stereocenters. The fourth-order valence-corrected chi connectivity index (χ4v) is 2.77. The van der Waals surface area contributed by atoms with E-state index in [9.17, 15) is 9.59 Å². The summed E-state index contributed by atoms with van der Waals surface area (Å²) >= 11 is 6.07. The molecule has 7 heteroatoms. The first-order valence-corrected chi connectivity index (χ1v) is 10.3. The van der Waals surface area contributed by atoms with E-state index < -0.39 is 17.9 Å². The highest BCUT2D eigenvalue weighted by Gasteiger charge is 2.25. The van der Waals surface area contributed by atoms with E-state index in [0.29, 0.717) is 23.1 Å². The van der Waals surface area contributed by atoms with Gasteiger partial charge in [-0.25, -0.2) is 5.43 Å². The Morgan fingerprint density at radius 1 is 1.07 bits per heavy atom. The molecule has 2 N–H and O–H groups in total. The smallest absolute Gasteiger partial charge is 0.262 e. The lowest BCUT2D eigenvalue weighted by Gasteiger charge is -2.20. The molecule has 0 saturated carbocycles. The molecule has 0 spiro atoms. The molecule has 30 heavy (non-hydrogen) atoms. The number of carbonyl (C=O) groups excluding carboxylic acids is 2. The van der Waals surface area contributed by atoms with Crippen molar-refractivity contribution in [3.05, 3.63) is 64.7 Å². The number of amides is 2. The van der Waals surface area contributed by atoms with Gasteiger partial charge in [0.05, 0.1) is 23.4 Å². The summed E-state index contributed by atoms with van der Waals surface area (Å²) in [6, 6.07) is 13.4. The van der Waals surface area contributed by atoms with E-state index >= 15 is 0 Å². The van der Waals surface area contributed by atoms with Crippen LogP contribution in [-0.2, 0) is 4.79 Å². The van der Waals surface area contributed by atoms with Gasteiger partial charge in [0.1, 0.15) is 11.8 Å². The lowest BCUT2D eigenvalue weighted by Crippen LogP contribution is -2.48. The van der Waals surface area contributed by atoms with Crippen molar-refractivity contribution in [2.45, 2.75) is 33.7 Å². The SMILES string of the molecule is CC(C)COc1ccc(C=NNC(=O)C(NC(=O)c2ccccc2Cl)C(C)C)cc1. The van der Waals surface area contributed by atoms with Crippen molar-refractivity contribution >= 4 is 29.6 Å². The minimum absolute atomic E-state index is 0.135. The molecule has 2 aromatic carbocycles. The molecule has 0 saturated heterocycles. The van der Waals surface area contributed by atoms with Crippen LogP contribution >= 0.6 is 11.6 Å². The number of rotatable bonds is 9. The fourth-order valence-electron chi connectivity index (χ4n) is 2.55. The zero-order chi connectivity index (χ0) is 22.1. The lowest BCUT2D eigenvalue weighted by atomic mass is 10.0. The van der Waals surface area contributed by atoms with Crippen molar-refractivity contribution in [1.82, 2.24) is 10.7 Å². The maximum absolute atomic E-state index is 12.5. The predicted octanol–water partition coefficient (Wildman–Crippen LogP) is 4.28. The molecule has 0 bridgehead atoms. The standard InChI is InChI=1S/C23H28ClN3O3/c1-15(2)14-30-18-11-9-17(10-12-18)13-25-27-23(29)21(16(3)4)26-22(28)19-7-5-6-8-20(19)24/h5-13,15-16,21H,14H2,1-4H3,(H,26,28)(H,27,29). The Morgan fingerprint density at radius 2 is 1.73 bits per heavy atom. The number of carbonyl (C=O) groups is 2. The Hall–Kier alpha value is -2.86. The zero-order valence-corrected chi connectivity index (χ0v) is 18.4. The summed E-state index contributed by atoms with van der Waals surface area (Å²) < 4.78 is 5.64. The van der Waals surface area contributed by atoms with Crippen LogP contribution in [0.4, 0.5) is 0 Å². The first kappa shape index (κ1) is 23.4. The van der Waals surface area contributed by atoms with E-state index in [4.69, 9.17) is 16.3 Å². The van der Waals surface area contributed by atoms with Crippen LogP contribution in [0.15, 0.2) is 53.6 Å². The Balaban J connectivity index is 1.95. The Bertz CT molecular complexity index is 880. The van der Waals surface area contributed by atoms with E-state index in [2.05, 4.69) is 29.7 Å². The first-order valence-electron chi connectivity index (χ1n) is 9.89. The third kappa shape index (κ3) is 7.19. The molecule has 0 aliphatic heterocycles. The number of hydrogen-bond donors (Lipinski definition) is 2. The molecule has 2 aromatic rings. The summed E-state index contributed by atoms with van der Waals surface area (Å²) in [5.41, 5.74) is 3.62. The summed E-state index contributed by atoms with van der Waals surface area (Å²) in [5, 5.41) is 7.06. The summed E-state index contributed by atoms with van der Waals surface area (Å²) in [7, 11) is 0. The molecular weight excluding hydrogens is 402 g/mol. The molecule has 0 heterocycles. The van der Waals surface area contributed by atoms with Gasteiger partial charge in [0.25, 0.3) is 11.8 Å². The largest absolute Gasteiger partial charge is 0.493 e. The minimum atomic E-state index is -0.752. The quantitative estimate of drug-likeness (QED) is 0.461. The molecule has 2 amide bonds. The third-order valence-corrected chi connectivity index (χ3v) is 4.54. The van der Waals surface area contributed by atoms with Gasteiger partial charge in [-0.15, -0.1) is 0 Å². The summed E-state index contributed by atoms with van der Waals surface area (Å²) in [4.78, 5) is 25.0. The van der Waals surface area contributed by atoms with Crippen LogP contribution < -0.4 is 15.5 Å². The minimum Gasteiger partial charge on any atom is -0.493 e. The fraction of sp³-hybridized carbons (Fsp3) is 0.348. The van der Waals surface area contributed by atoms with E-state index in [-0.39, 0.29) is 5.92 Å².